The molecule has 0 fully saturated rings. The number of halogens is 1. The van der Waals surface area contributed by atoms with Gasteiger partial charge in [0, 0.05) is 29.0 Å². The third kappa shape index (κ3) is 4.34. The van der Waals surface area contributed by atoms with Gasteiger partial charge in [-0.2, -0.15) is 9.82 Å². The molecule has 0 bridgehead atoms. The highest BCUT2D eigenvalue weighted by molar-refractivity contribution is 7.89. The fourth-order valence-corrected chi connectivity index (χ4v) is 5.69. The van der Waals surface area contributed by atoms with Gasteiger partial charge in [0.25, 0.3) is 0 Å². The van der Waals surface area contributed by atoms with Crippen LogP contribution < -0.4 is 15.3 Å². The first-order valence-corrected chi connectivity index (χ1v) is 12.7. The average molecular weight is 471 g/mol. The molecule has 1 aliphatic carbocycles. The predicted molar refractivity (Wildman–Crippen MR) is 128 cm³/mol. The smallest absolute Gasteiger partial charge is 0.242 e. The molecular weight excluding hydrogens is 439 g/mol. The van der Waals surface area contributed by atoms with E-state index in [2.05, 4.69) is 22.7 Å². The van der Waals surface area contributed by atoms with Crippen molar-refractivity contribution in [1.29, 1.82) is 0 Å². The summed E-state index contributed by atoms with van der Waals surface area (Å²) in [5, 5.41) is 8.35. The molecule has 0 radical (unpaired) electrons. The molecule has 2 aromatic rings. The number of hydrogen-bond donors (Lipinski definition) is 1. The fourth-order valence-electron chi connectivity index (χ4n) is 4.43. The summed E-state index contributed by atoms with van der Waals surface area (Å²) < 4.78 is 44.2. The fraction of sp³-hybridized carbons (Fsp3) is 0.440. The number of hydrazone groups is 1. The largest absolute Gasteiger partial charge is 0.257 e. The normalized spacial score (nSPS) is 23.2. The van der Waals surface area contributed by atoms with Gasteiger partial charge in [-0.3, -0.25) is 4.98 Å². The Labute approximate surface area is 195 Å². The van der Waals surface area contributed by atoms with Crippen molar-refractivity contribution in [3.63, 3.8) is 0 Å². The van der Waals surface area contributed by atoms with Gasteiger partial charge in [0.05, 0.1) is 15.9 Å². The molecule has 0 saturated heterocycles. The van der Waals surface area contributed by atoms with Crippen LogP contribution in [0.3, 0.4) is 0 Å². The first-order valence-electron chi connectivity index (χ1n) is 11.2. The van der Waals surface area contributed by atoms with E-state index in [1.165, 1.54) is 6.07 Å². The van der Waals surface area contributed by atoms with Crippen LogP contribution in [-0.2, 0) is 15.4 Å². The lowest BCUT2D eigenvalue weighted by Crippen LogP contribution is -2.50. The molecule has 1 N–H and O–H groups in total. The van der Waals surface area contributed by atoms with Crippen LogP contribution in [0, 0.1) is 17.7 Å². The van der Waals surface area contributed by atoms with Crippen LogP contribution in [0.15, 0.2) is 46.5 Å². The summed E-state index contributed by atoms with van der Waals surface area (Å²) in [4.78, 5) is 4.37. The molecule has 6 nitrogen and oxygen atoms in total. The van der Waals surface area contributed by atoms with Crippen molar-refractivity contribution in [1.82, 2.24) is 14.7 Å². The Kier molecular flexibility index (Phi) is 5.95. The van der Waals surface area contributed by atoms with Gasteiger partial charge in [-0.1, -0.05) is 46.8 Å². The average Bonchev–Trinajstić information content (AvgIpc) is 3.00. The summed E-state index contributed by atoms with van der Waals surface area (Å²) in [6.07, 6.45) is 4.01. The number of aromatic nitrogens is 1. The third-order valence-electron chi connectivity index (χ3n) is 6.49. The van der Waals surface area contributed by atoms with Crippen molar-refractivity contribution in [2.75, 3.05) is 0 Å². The number of fused-ring (bicyclic) bond motifs is 1. The molecule has 4 rings (SSSR count). The summed E-state index contributed by atoms with van der Waals surface area (Å²) in [6, 6.07) is 7.99. The van der Waals surface area contributed by atoms with Gasteiger partial charge in [0.2, 0.25) is 10.0 Å². The maximum atomic E-state index is 14.8. The molecular formula is C25H31FN4O2S. The van der Waals surface area contributed by atoms with Crippen LogP contribution in [0.2, 0.25) is 0 Å². The predicted octanol–water partition coefficient (Wildman–Crippen LogP) is 3.08. The molecule has 2 heterocycles. The zero-order valence-electron chi connectivity index (χ0n) is 19.9. The first-order chi connectivity index (χ1) is 15.4. The molecule has 0 spiro atoms. The molecule has 1 aliphatic heterocycles. The van der Waals surface area contributed by atoms with Gasteiger partial charge in [-0.25, -0.2) is 17.8 Å². The van der Waals surface area contributed by atoms with Crippen molar-refractivity contribution in [3.05, 3.63) is 58.5 Å². The topological polar surface area (TPSA) is 74.7 Å². The van der Waals surface area contributed by atoms with Gasteiger partial charge in [-0.05, 0) is 48.6 Å². The van der Waals surface area contributed by atoms with E-state index < -0.39 is 27.4 Å². The van der Waals surface area contributed by atoms with Crippen molar-refractivity contribution >= 4 is 27.5 Å². The molecule has 1 aromatic heterocycles. The summed E-state index contributed by atoms with van der Waals surface area (Å²) >= 11 is 0. The third-order valence-corrected chi connectivity index (χ3v) is 7.92. The first kappa shape index (κ1) is 23.6. The number of hydrogen-bond acceptors (Lipinski definition) is 5. The number of rotatable bonds is 4. The summed E-state index contributed by atoms with van der Waals surface area (Å²) in [6.45, 7) is 11.6. The Morgan fingerprint density at radius 2 is 1.91 bits per heavy atom. The number of sulfonamides is 1. The molecule has 2 aliphatic rings. The zero-order chi connectivity index (χ0) is 24.1. The van der Waals surface area contributed by atoms with E-state index in [1.54, 1.807) is 17.3 Å². The zero-order valence-corrected chi connectivity index (χ0v) is 20.7. The Balaban J connectivity index is 1.75. The van der Waals surface area contributed by atoms with Crippen LogP contribution >= 0.6 is 0 Å². The van der Waals surface area contributed by atoms with Gasteiger partial charge >= 0.3 is 0 Å². The van der Waals surface area contributed by atoms with E-state index in [0.29, 0.717) is 5.56 Å². The van der Waals surface area contributed by atoms with Gasteiger partial charge in [0.1, 0.15) is 12.0 Å². The van der Waals surface area contributed by atoms with Crippen LogP contribution in [0.4, 0.5) is 4.39 Å². The van der Waals surface area contributed by atoms with E-state index >= 15 is 0 Å². The highest BCUT2D eigenvalue weighted by atomic mass is 32.2. The molecule has 0 amide bonds. The minimum Gasteiger partial charge on any atom is -0.257 e. The lowest BCUT2D eigenvalue weighted by molar-refractivity contribution is 0.266. The highest BCUT2D eigenvalue weighted by Gasteiger charge is 2.39. The molecule has 0 saturated carbocycles. The van der Waals surface area contributed by atoms with E-state index in [0.717, 1.165) is 34.5 Å². The Bertz CT molecular complexity index is 1350. The maximum absolute atomic E-state index is 14.8. The van der Waals surface area contributed by atoms with Crippen molar-refractivity contribution in [3.8, 4) is 0 Å². The summed E-state index contributed by atoms with van der Waals surface area (Å²) in [5.41, 5.74) is 1.82. The Morgan fingerprint density at radius 3 is 2.58 bits per heavy atom. The van der Waals surface area contributed by atoms with Crippen molar-refractivity contribution < 1.29 is 12.8 Å². The van der Waals surface area contributed by atoms with Crippen molar-refractivity contribution in [2.24, 2.45) is 16.9 Å². The molecule has 33 heavy (non-hydrogen) atoms. The Hall–Kier alpha value is -2.58. The lowest BCUT2D eigenvalue weighted by atomic mass is 9.87. The number of nitrogens with one attached hydrogen (secondary N) is 1. The molecule has 3 unspecified atom stereocenters. The summed E-state index contributed by atoms with van der Waals surface area (Å²) in [7, 11) is -3.99. The molecule has 3 atom stereocenters. The van der Waals surface area contributed by atoms with E-state index in [9.17, 15) is 12.8 Å². The van der Waals surface area contributed by atoms with Gasteiger partial charge in [-0.15, -0.1) is 0 Å². The van der Waals surface area contributed by atoms with E-state index in [1.807, 2.05) is 46.8 Å². The number of nitrogens with zero attached hydrogens (tertiary/aromatic N) is 3. The van der Waals surface area contributed by atoms with Crippen LogP contribution in [-0.4, -0.2) is 30.3 Å². The van der Waals surface area contributed by atoms with E-state index in [4.69, 9.17) is 5.10 Å². The minimum atomic E-state index is -3.99. The molecule has 176 valence electrons. The second-order valence-corrected chi connectivity index (χ2v) is 11.7. The molecule has 8 heteroatoms. The van der Waals surface area contributed by atoms with Gasteiger partial charge in [0.15, 0.2) is 0 Å². The second-order valence-electron chi connectivity index (χ2n) is 9.99. The quantitative estimate of drug-likeness (QED) is 0.745. The lowest BCUT2D eigenvalue weighted by Gasteiger charge is -2.32. The monoisotopic (exact) mass is 470 g/mol. The highest BCUT2D eigenvalue weighted by Crippen LogP contribution is 2.32. The van der Waals surface area contributed by atoms with Crippen molar-refractivity contribution in [2.45, 2.75) is 64.4 Å². The van der Waals surface area contributed by atoms with E-state index in [-0.39, 0.29) is 16.7 Å². The number of benzene rings is 1. The second kappa shape index (κ2) is 8.33. The summed E-state index contributed by atoms with van der Waals surface area (Å²) in [5.74, 6) is -0.553. The Morgan fingerprint density at radius 1 is 1.18 bits per heavy atom. The maximum Gasteiger partial charge on any atom is 0.242 e. The van der Waals surface area contributed by atoms with Crippen LogP contribution in [0.25, 0.3) is 11.8 Å². The SMILES string of the molecule is CC1=NN(C2=c3cccnc3=CCC2C)C(NS(=O)(=O)c2ccc(C(C)(C)C)c(F)c2)C1C. The minimum absolute atomic E-state index is 0.0956. The molecule has 1 aromatic carbocycles. The standard InChI is InChI=1S/C25H31FN4O2S/c1-15-9-12-22-19(8-7-13-27-22)23(15)30-24(16(2)17(3)28-30)29-33(31,32)18-10-11-20(21(26)14-18)25(4,5)6/h7-8,10-16,24,29H,9H2,1-6H3. The van der Waals surface area contributed by atoms with Gasteiger partial charge < -0.3 is 0 Å². The van der Waals surface area contributed by atoms with Crippen LogP contribution in [0.1, 0.15) is 53.5 Å². The van der Waals surface area contributed by atoms with Crippen LogP contribution in [0.5, 0.6) is 0 Å². The number of pyridine rings is 1.